The molecular weight excluding hydrogens is 588 g/mol. The molecule has 0 aliphatic carbocycles. The fraction of sp³-hybridized carbons (Fsp3) is 0.227. The summed E-state index contributed by atoms with van der Waals surface area (Å²) in [5, 5.41) is 23.9. The van der Waals surface area contributed by atoms with E-state index in [2.05, 4.69) is 25.5 Å². The normalized spacial score (nSPS) is 11.2. The first-order chi connectivity index (χ1) is 17.4. The van der Waals surface area contributed by atoms with E-state index in [0.29, 0.717) is 5.69 Å². The van der Waals surface area contributed by atoms with E-state index in [-0.39, 0.29) is 68.4 Å². The summed E-state index contributed by atoms with van der Waals surface area (Å²) < 4.78 is 35.4. The fourth-order valence-electron chi connectivity index (χ4n) is 3.40. The molecule has 0 fully saturated rings. The van der Waals surface area contributed by atoms with Gasteiger partial charge in [0.25, 0.3) is 0 Å². The van der Waals surface area contributed by atoms with Crippen molar-refractivity contribution in [2.45, 2.75) is 25.7 Å². The summed E-state index contributed by atoms with van der Waals surface area (Å²) >= 11 is 18.3. The van der Waals surface area contributed by atoms with Crippen LogP contribution in [0.1, 0.15) is 26.3 Å². The summed E-state index contributed by atoms with van der Waals surface area (Å²) in [7, 11) is -4.90. The molecular formula is C22H19Cl3N7NaO4S. The van der Waals surface area contributed by atoms with Gasteiger partial charge in [-0.3, -0.25) is 4.79 Å². The predicted molar refractivity (Wildman–Crippen MR) is 140 cm³/mol. The molecule has 1 amide bonds. The summed E-state index contributed by atoms with van der Waals surface area (Å²) in [6, 6.07) is 9.03. The number of anilines is 2. The molecule has 3 aromatic rings. The minimum absolute atomic E-state index is 0. The third-order valence-electron chi connectivity index (χ3n) is 5.10. The number of carbonyl (C=O) groups excluding carboxylic acids is 1. The van der Waals surface area contributed by atoms with E-state index in [1.165, 1.54) is 6.92 Å². The molecule has 1 N–H and O–H groups in total. The first-order valence-corrected chi connectivity index (χ1v) is 13.2. The van der Waals surface area contributed by atoms with Crippen LogP contribution in [0.5, 0.6) is 0 Å². The van der Waals surface area contributed by atoms with E-state index >= 15 is 0 Å². The maximum atomic E-state index is 11.8. The molecule has 0 atom stereocenters. The van der Waals surface area contributed by atoms with Crippen LogP contribution in [0.4, 0.5) is 22.9 Å². The predicted octanol–water partition coefficient (Wildman–Crippen LogP) is 2.83. The number of hydrogen-bond acceptors (Lipinski definition) is 9. The number of amides is 1. The Labute approximate surface area is 256 Å². The molecule has 2 aromatic carbocycles. The number of azo groups is 1. The number of nitrogens with one attached hydrogen (secondary N) is 1. The van der Waals surface area contributed by atoms with Crippen LogP contribution in [0.15, 0.2) is 45.5 Å². The van der Waals surface area contributed by atoms with Crippen molar-refractivity contribution in [1.82, 2.24) is 9.78 Å². The smallest absolute Gasteiger partial charge is 0.744 e. The molecule has 16 heteroatoms. The molecule has 3 rings (SSSR count). The molecule has 11 nitrogen and oxygen atoms in total. The summed E-state index contributed by atoms with van der Waals surface area (Å²) in [6.07, 6.45) is 0. The Balaban J connectivity index is 0.00000507. The summed E-state index contributed by atoms with van der Waals surface area (Å²) in [5.41, 5.74) is 1.35. The van der Waals surface area contributed by atoms with Crippen molar-refractivity contribution in [1.29, 1.82) is 5.26 Å². The van der Waals surface area contributed by atoms with Gasteiger partial charge in [0.1, 0.15) is 27.4 Å². The molecule has 0 aliphatic heterocycles. The van der Waals surface area contributed by atoms with E-state index in [1.54, 1.807) is 18.2 Å². The van der Waals surface area contributed by atoms with Crippen molar-refractivity contribution in [2.75, 3.05) is 23.3 Å². The summed E-state index contributed by atoms with van der Waals surface area (Å²) in [4.78, 5) is 13.2. The van der Waals surface area contributed by atoms with Crippen LogP contribution in [0.2, 0.25) is 15.2 Å². The Hall–Kier alpha value is -2.21. The van der Waals surface area contributed by atoms with Gasteiger partial charge in [0, 0.05) is 25.7 Å². The third kappa shape index (κ3) is 7.05. The van der Waals surface area contributed by atoms with Crippen LogP contribution in [0.25, 0.3) is 5.69 Å². The quantitative estimate of drug-likeness (QED) is 0.235. The number of aromatic nitrogens is 2. The number of nitriles is 1. The van der Waals surface area contributed by atoms with Crippen LogP contribution in [0.3, 0.4) is 0 Å². The molecule has 194 valence electrons. The van der Waals surface area contributed by atoms with Crippen molar-refractivity contribution >= 4 is 73.7 Å². The van der Waals surface area contributed by atoms with Gasteiger partial charge in [-0.15, -0.1) is 10.2 Å². The first kappa shape index (κ1) is 32.0. The molecule has 0 aliphatic rings. The van der Waals surface area contributed by atoms with Crippen molar-refractivity contribution < 1.29 is 47.3 Å². The van der Waals surface area contributed by atoms with Crippen molar-refractivity contribution in [3.63, 3.8) is 0 Å². The molecule has 0 radical (unpaired) electrons. The Morgan fingerprint density at radius 3 is 2.37 bits per heavy atom. The van der Waals surface area contributed by atoms with Crippen molar-refractivity contribution in [3.05, 3.63) is 51.1 Å². The van der Waals surface area contributed by atoms with Gasteiger partial charge in [-0.05, 0) is 44.2 Å². The summed E-state index contributed by atoms with van der Waals surface area (Å²) in [6.45, 7) is 6.84. The van der Waals surface area contributed by atoms with Crippen LogP contribution in [-0.2, 0) is 14.9 Å². The number of halogens is 3. The maximum Gasteiger partial charge on any atom is 1.00 e. The van der Waals surface area contributed by atoms with E-state index in [1.807, 2.05) is 19.9 Å². The fourth-order valence-corrected chi connectivity index (χ4v) is 4.91. The average Bonchev–Trinajstić information content (AvgIpc) is 3.14. The molecule has 0 spiro atoms. The SMILES string of the molecule is CCN(CC)c1ccc(N=Nc2c(C#N)c(Cl)nn2-c2cc(Cl)c(S(=O)(=O)[O-])cc2Cl)c(NC(C)=O)c1.[Na+]. The van der Waals surface area contributed by atoms with Gasteiger partial charge in [0.15, 0.2) is 11.0 Å². The monoisotopic (exact) mass is 605 g/mol. The second-order valence-electron chi connectivity index (χ2n) is 7.46. The summed E-state index contributed by atoms with van der Waals surface area (Å²) in [5.74, 6) is -0.474. The van der Waals surface area contributed by atoms with E-state index in [9.17, 15) is 23.0 Å². The molecule has 1 heterocycles. The van der Waals surface area contributed by atoms with Crippen LogP contribution < -0.4 is 39.8 Å². The molecule has 0 saturated heterocycles. The first-order valence-electron chi connectivity index (χ1n) is 10.6. The largest absolute Gasteiger partial charge is 1.00 e. The van der Waals surface area contributed by atoms with Gasteiger partial charge < -0.3 is 14.8 Å². The molecule has 0 saturated carbocycles. The number of nitrogens with zero attached hydrogens (tertiary/aromatic N) is 6. The molecule has 1 aromatic heterocycles. The van der Waals surface area contributed by atoms with Gasteiger partial charge in [-0.2, -0.15) is 10.4 Å². The maximum absolute atomic E-state index is 11.8. The van der Waals surface area contributed by atoms with Gasteiger partial charge in [0.05, 0.1) is 26.3 Å². The Morgan fingerprint density at radius 2 is 1.82 bits per heavy atom. The second-order valence-corrected chi connectivity index (χ2v) is 9.98. The van der Waals surface area contributed by atoms with Gasteiger partial charge in [0.2, 0.25) is 5.91 Å². The minimum Gasteiger partial charge on any atom is -0.744 e. The standard InChI is InChI=1S/C22H20Cl3N7O4S.Na/c1-4-31(5-2)13-6-7-17(18(8-13)27-12(3)33)28-29-22-14(11-26)21(25)30-32(22)19-9-16(24)20(10-15(19)23)37(34,35)36;/h6-10H,4-5H2,1-3H3,(H,27,33)(H,34,35,36);/q;+1/p-1. The zero-order valence-corrected chi connectivity index (χ0v) is 25.7. The Morgan fingerprint density at radius 1 is 1.16 bits per heavy atom. The van der Waals surface area contributed by atoms with Crippen LogP contribution in [-0.4, -0.2) is 41.7 Å². The number of benzene rings is 2. The van der Waals surface area contributed by atoms with E-state index in [4.69, 9.17) is 34.8 Å². The van der Waals surface area contributed by atoms with Crippen molar-refractivity contribution in [2.24, 2.45) is 10.2 Å². The van der Waals surface area contributed by atoms with Gasteiger partial charge in [-0.1, -0.05) is 34.8 Å². The van der Waals surface area contributed by atoms with Crippen LogP contribution in [0, 0.1) is 11.3 Å². The number of hydrogen-bond donors (Lipinski definition) is 1. The zero-order valence-electron chi connectivity index (χ0n) is 20.7. The topological polar surface area (TPSA) is 156 Å². The van der Waals surface area contributed by atoms with Crippen molar-refractivity contribution in [3.8, 4) is 11.8 Å². The van der Waals surface area contributed by atoms with Gasteiger partial charge in [-0.25, -0.2) is 13.1 Å². The third-order valence-corrected chi connectivity index (χ3v) is 6.97. The zero-order chi connectivity index (χ0) is 27.5. The molecule has 0 bridgehead atoms. The van der Waals surface area contributed by atoms with E-state index < -0.39 is 20.0 Å². The molecule has 0 unspecified atom stereocenters. The number of carbonyl (C=O) groups is 1. The molecule has 38 heavy (non-hydrogen) atoms. The Kier molecular flexibility index (Phi) is 11.1. The van der Waals surface area contributed by atoms with Crippen LogP contribution >= 0.6 is 34.8 Å². The van der Waals surface area contributed by atoms with Gasteiger partial charge >= 0.3 is 29.6 Å². The minimum atomic E-state index is -4.90. The number of rotatable bonds is 8. The average molecular weight is 607 g/mol. The second kappa shape index (κ2) is 13.2. The Bertz CT molecular complexity index is 1550. The van der Waals surface area contributed by atoms with E-state index in [0.717, 1.165) is 35.6 Å².